The molecule has 0 fully saturated rings. The molecule has 1 heterocycles. The van der Waals surface area contributed by atoms with Crippen LogP contribution in [0, 0.1) is 18.3 Å². The summed E-state index contributed by atoms with van der Waals surface area (Å²) in [5, 5.41) is 19.7. The topological polar surface area (TPSA) is 66.1 Å². The molecule has 1 N–H and O–H groups in total. The Morgan fingerprint density at radius 3 is 2.48 bits per heavy atom. The molecule has 4 heteroatoms. The summed E-state index contributed by atoms with van der Waals surface area (Å²) < 4.78 is 5.90. The lowest BCUT2D eigenvalue weighted by molar-refractivity contribution is 0.460. The summed E-state index contributed by atoms with van der Waals surface area (Å²) in [7, 11) is 0. The minimum absolute atomic E-state index is 0.0155. The third-order valence-corrected chi connectivity index (χ3v) is 4.44. The molecule has 4 nitrogen and oxygen atoms in total. The number of aromatic hydroxyl groups is 1. The van der Waals surface area contributed by atoms with Crippen molar-refractivity contribution in [2.75, 3.05) is 0 Å². The van der Waals surface area contributed by atoms with E-state index in [-0.39, 0.29) is 5.75 Å². The molecule has 0 spiro atoms. The number of aromatic nitrogens is 1. The van der Waals surface area contributed by atoms with Gasteiger partial charge in [-0.15, -0.1) is 0 Å². The van der Waals surface area contributed by atoms with Crippen LogP contribution in [0.5, 0.6) is 17.2 Å². The van der Waals surface area contributed by atoms with Crippen molar-refractivity contribution in [3.05, 3.63) is 82.7 Å². The molecule has 3 aromatic rings. The van der Waals surface area contributed by atoms with Gasteiger partial charge in [-0.25, -0.2) is 0 Å². The normalized spacial score (nSPS) is 10.4. The number of para-hydroxylation sites is 1. The molecular weight excluding hydrogens is 336 g/mol. The van der Waals surface area contributed by atoms with Crippen LogP contribution in [0.25, 0.3) is 0 Å². The van der Waals surface area contributed by atoms with E-state index in [0.29, 0.717) is 24.1 Å². The lowest BCUT2D eigenvalue weighted by Crippen LogP contribution is -2.04. The Labute approximate surface area is 159 Å². The molecule has 0 radical (unpaired) electrons. The molecular formula is C23H22N2O2. The maximum atomic E-state index is 10.3. The minimum atomic E-state index is 0.0155. The van der Waals surface area contributed by atoms with Gasteiger partial charge in [-0.3, -0.25) is 4.98 Å². The molecule has 0 atom stereocenters. The monoisotopic (exact) mass is 358 g/mol. The van der Waals surface area contributed by atoms with E-state index in [0.717, 1.165) is 34.7 Å². The van der Waals surface area contributed by atoms with Crippen molar-refractivity contribution >= 4 is 0 Å². The van der Waals surface area contributed by atoms with Crippen LogP contribution < -0.4 is 4.74 Å². The van der Waals surface area contributed by atoms with Crippen molar-refractivity contribution in [2.24, 2.45) is 0 Å². The van der Waals surface area contributed by atoms with Crippen LogP contribution in [0.15, 0.2) is 54.6 Å². The van der Waals surface area contributed by atoms with Gasteiger partial charge in [-0.2, -0.15) is 5.26 Å². The van der Waals surface area contributed by atoms with Crippen LogP contribution >= 0.6 is 0 Å². The molecule has 3 rings (SSSR count). The molecule has 0 unspecified atom stereocenters. The highest BCUT2D eigenvalue weighted by molar-refractivity contribution is 5.52. The second-order valence-electron chi connectivity index (χ2n) is 6.45. The number of hydrogen-bond acceptors (Lipinski definition) is 4. The van der Waals surface area contributed by atoms with E-state index in [1.807, 2.05) is 68.4 Å². The molecule has 0 aliphatic carbocycles. The fourth-order valence-corrected chi connectivity index (χ4v) is 3.02. The number of aryl methyl sites for hydroxylation is 1. The van der Waals surface area contributed by atoms with Crippen molar-refractivity contribution in [3.8, 4) is 23.3 Å². The van der Waals surface area contributed by atoms with E-state index >= 15 is 0 Å². The second kappa shape index (κ2) is 8.37. The van der Waals surface area contributed by atoms with E-state index in [2.05, 4.69) is 11.1 Å². The van der Waals surface area contributed by atoms with Gasteiger partial charge in [0.2, 0.25) is 0 Å². The van der Waals surface area contributed by atoms with Gasteiger partial charge in [0, 0.05) is 12.1 Å². The zero-order chi connectivity index (χ0) is 19.2. The largest absolute Gasteiger partial charge is 0.505 e. The summed E-state index contributed by atoms with van der Waals surface area (Å²) in [5.74, 6) is 1.55. The van der Waals surface area contributed by atoms with Crippen molar-refractivity contribution in [3.63, 3.8) is 0 Å². The average molecular weight is 358 g/mol. The Bertz CT molecular complexity index is 976. The Hall–Kier alpha value is -3.32. The lowest BCUT2D eigenvalue weighted by Gasteiger charge is -2.13. The van der Waals surface area contributed by atoms with Crippen LogP contribution in [0.2, 0.25) is 0 Å². The van der Waals surface area contributed by atoms with Crippen molar-refractivity contribution in [1.29, 1.82) is 5.26 Å². The number of ether oxygens (including phenoxy) is 1. The molecule has 136 valence electrons. The summed E-state index contributed by atoms with van der Waals surface area (Å²) in [6, 6.07) is 19.6. The van der Waals surface area contributed by atoms with Crippen LogP contribution in [0.1, 0.15) is 41.4 Å². The first-order valence-corrected chi connectivity index (χ1v) is 9.05. The van der Waals surface area contributed by atoms with Crippen LogP contribution in [0.3, 0.4) is 0 Å². The summed E-state index contributed by atoms with van der Waals surface area (Å²) in [5.41, 5.74) is 3.48. The number of nitriles is 1. The van der Waals surface area contributed by atoms with Gasteiger partial charge in [-0.05, 0) is 48.7 Å². The van der Waals surface area contributed by atoms with Gasteiger partial charge >= 0.3 is 0 Å². The van der Waals surface area contributed by atoms with Crippen molar-refractivity contribution in [2.45, 2.75) is 33.1 Å². The highest BCUT2D eigenvalue weighted by atomic mass is 16.5. The molecule has 0 saturated heterocycles. The number of rotatable bonds is 6. The van der Waals surface area contributed by atoms with Gasteiger partial charge in [0.25, 0.3) is 0 Å². The predicted octanol–water partition coefficient (Wildman–Crippen LogP) is 5.30. The van der Waals surface area contributed by atoms with E-state index in [4.69, 9.17) is 4.74 Å². The molecule has 2 aromatic carbocycles. The SMILES string of the molecule is CCCc1nc(Cc2cccc(Oc3ccccc3)c2)c(C)c(C#N)c1O. The quantitative estimate of drug-likeness (QED) is 0.649. The molecule has 0 aliphatic heterocycles. The highest BCUT2D eigenvalue weighted by Crippen LogP contribution is 2.29. The predicted molar refractivity (Wildman–Crippen MR) is 105 cm³/mol. The molecule has 1 aromatic heterocycles. The highest BCUT2D eigenvalue weighted by Gasteiger charge is 2.16. The van der Waals surface area contributed by atoms with Gasteiger partial charge < -0.3 is 9.84 Å². The summed E-state index contributed by atoms with van der Waals surface area (Å²) in [6.45, 7) is 3.86. The van der Waals surface area contributed by atoms with E-state index in [9.17, 15) is 10.4 Å². The van der Waals surface area contributed by atoms with Gasteiger partial charge in [0.1, 0.15) is 23.1 Å². The first-order valence-electron chi connectivity index (χ1n) is 9.05. The third-order valence-electron chi connectivity index (χ3n) is 4.44. The fraction of sp³-hybridized carbons (Fsp3) is 0.217. The standard InChI is InChI=1S/C23H22N2O2/c1-3-8-21-23(26)20(15-24)16(2)22(25-21)14-17-9-7-12-19(13-17)27-18-10-5-4-6-11-18/h4-7,9-13,26H,3,8,14H2,1-2H3. The maximum absolute atomic E-state index is 10.3. The smallest absolute Gasteiger partial charge is 0.155 e. The Kier molecular flexibility index (Phi) is 5.73. The first kappa shape index (κ1) is 18.5. The first-order chi connectivity index (χ1) is 13.1. The average Bonchev–Trinajstić information content (AvgIpc) is 2.67. The van der Waals surface area contributed by atoms with E-state index in [1.165, 1.54) is 0 Å². The van der Waals surface area contributed by atoms with Gasteiger partial charge in [-0.1, -0.05) is 43.7 Å². The zero-order valence-electron chi connectivity index (χ0n) is 15.6. The Morgan fingerprint density at radius 2 is 1.78 bits per heavy atom. The zero-order valence-corrected chi connectivity index (χ0v) is 15.6. The Balaban J connectivity index is 1.90. The molecule has 0 amide bonds. The minimum Gasteiger partial charge on any atom is -0.505 e. The number of nitrogens with zero attached hydrogens (tertiary/aromatic N) is 2. The van der Waals surface area contributed by atoms with Crippen molar-refractivity contribution < 1.29 is 9.84 Å². The maximum Gasteiger partial charge on any atom is 0.155 e. The number of hydrogen-bond donors (Lipinski definition) is 1. The second-order valence-corrected chi connectivity index (χ2v) is 6.45. The van der Waals surface area contributed by atoms with Crippen LogP contribution in [-0.4, -0.2) is 10.1 Å². The van der Waals surface area contributed by atoms with Gasteiger partial charge in [0.05, 0.1) is 5.69 Å². The Morgan fingerprint density at radius 1 is 1.04 bits per heavy atom. The molecule has 0 bridgehead atoms. The lowest BCUT2D eigenvalue weighted by atomic mass is 9.99. The summed E-state index contributed by atoms with van der Waals surface area (Å²) >= 11 is 0. The molecule has 27 heavy (non-hydrogen) atoms. The van der Waals surface area contributed by atoms with Crippen LogP contribution in [-0.2, 0) is 12.8 Å². The molecule has 0 saturated carbocycles. The number of benzene rings is 2. The third kappa shape index (κ3) is 4.27. The van der Waals surface area contributed by atoms with Gasteiger partial charge in [0.15, 0.2) is 5.75 Å². The number of pyridine rings is 1. The fourth-order valence-electron chi connectivity index (χ4n) is 3.02. The van der Waals surface area contributed by atoms with E-state index in [1.54, 1.807) is 0 Å². The summed E-state index contributed by atoms with van der Waals surface area (Å²) in [6.07, 6.45) is 2.07. The summed E-state index contributed by atoms with van der Waals surface area (Å²) in [4.78, 5) is 4.64. The van der Waals surface area contributed by atoms with Crippen LogP contribution in [0.4, 0.5) is 0 Å². The molecule has 0 aliphatic rings. The van der Waals surface area contributed by atoms with E-state index < -0.39 is 0 Å². The van der Waals surface area contributed by atoms with Crippen molar-refractivity contribution in [1.82, 2.24) is 4.98 Å².